The van der Waals surface area contributed by atoms with Crippen molar-refractivity contribution in [3.63, 3.8) is 0 Å². The quantitative estimate of drug-likeness (QED) is 0.287. The van der Waals surface area contributed by atoms with Gasteiger partial charge in [-0.1, -0.05) is 18.2 Å². The summed E-state index contributed by atoms with van der Waals surface area (Å²) in [6.45, 7) is 3.26. The smallest absolute Gasteiger partial charge is 0.331 e. The molecule has 4 heterocycles. The van der Waals surface area contributed by atoms with Crippen LogP contribution < -0.4 is 20.3 Å². The number of anilines is 3. The fourth-order valence-corrected chi connectivity index (χ4v) is 5.84. The Balaban J connectivity index is 1.34. The number of aryl methyl sites for hydroxylation is 1. The van der Waals surface area contributed by atoms with Crippen LogP contribution in [0.1, 0.15) is 29.5 Å². The number of nitrogens with one attached hydrogen (secondary N) is 2. The third kappa shape index (κ3) is 4.20. The SMILES string of the molecule is Cc1cc(Oc2ccccc2)ccc1N1C(=O)Nc2c(C(O)N[C@@H]3CCCOC3)sc3nccc1c23. The van der Waals surface area contributed by atoms with E-state index in [1.165, 1.54) is 11.3 Å². The molecule has 0 spiro atoms. The zero-order valence-electron chi connectivity index (χ0n) is 19.7. The minimum absolute atomic E-state index is 0.0636. The van der Waals surface area contributed by atoms with Gasteiger partial charge in [0.1, 0.15) is 22.6 Å². The molecule has 0 radical (unpaired) electrons. The van der Waals surface area contributed by atoms with E-state index in [0.29, 0.717) is 22.9 Å². The Morgan fingerprint density at radius 2 is 2.06 bits per heavy atom. The van der Waals surface area contributed by atoms with Gasteiger partial charge >= 0.3 is 6.03 Å². The number of nitrogens with zero attached hydrogens (tertiary/aromatic N) is 2. The predicted molar refractivity (Wildman–Crippen MR) is 140 cm³/mol. The lowest BCUT2D eigenvalue weighted by Crippen LogP contribution is -2.39. The van der Waals surface area contributed by atoms with Crippen LogP contribution in [0.2, 0.25) is 0 Å². The minimum atomic E-state index is -0.929. The molecule has 0 bridgehead atoms. The van der Waals surface area contributed by atoms with Crippen LogP contribution in [0.4, 0.5) is 21.9 Å². The lowest BCUT2D eigenvalue weighted by molar-refractivity contribution is 0.0386. The number of carbonyl (C=O) groups excluding carboxylic acids is 1. The molecule has 1 unspecified atom stereocenters. The Hall–Kier alpha value is -3.50. The number of urea groups is 1. The number of amides is 2. The first-order valence-corrected chi connectivity index (χ1v) is 12.8. The molecule has 2 atom stereocenters. The van der Waals surface area contributed by atoms with Crippen LogP contribution in [-0.2, 0) is 4.74 Å². The van der Waals surface area contributed by atoms with E-state index >= 15 is 0 Å². The van der Waals surface area contributed by atoms with Crippen LogP contribution in [0.15, 0.2) is 60.8 Å². The maximum absolute atomic E-state index is 13.4. The van der Waals surface area contributed by atoms with Crippen molar-refractivity contribution < 1.29 is 19.4 Å². The molecule has 2 amide bonds. The molecular formula is C27H26N4O4S. The van der Waals surface area contributed by atoms with Gasteiger partial charge in [-0.15, -0.1) is 11.3 Å². The molecule has 1 saturated heterocycles. The van der Waals surface area contributed by atoms with Crippen LogP contribution in [0.5, 0.6) is 11.5 Å². The van der Waals surface area contributed by atoms with E-state index in [4.69, 9.17) is 9.47 Å². The Labute approximate surface area is 212 Å². The molecule has 6 rings (SSSR count). The molecule has 8 nitrogen and oxygen atoms in total. The topological polar surface area (TPSA) is 96.0 Å². The lowest BCUT2D eigenvalue weighted by atomic mass is 10.1. The normalized spacial score (nSPS) is 18.2. The summed E-state index contributed by atoms with van der Waals surface area (Å²) in [5.41, 5.74) is 2.98. The highest BCUT2D eigenvalue weighted by molar-refractivity contribution is 7.19. The number of benzene rings is 2. The van der Waals surface area contributed by atoms with Gasteiger partial charge in [0, 0.05) is 18.8 Å². The number of para-hydroxylation sites is 1. The van der Waals surface area contributed by atoms with E-state index in [1.807, 2.05) is 61.5 Å². The molecule has 4 aromatic rings. The molecular weight excluding hydrogens is 476 g/mol. The maximum Gasteiger partial charge on any atom is 0.331 e. The van der Waals surface area contributed by atoms with Crippen molar-refractivity contribution in [2.45, 2.75) is 32.0 Å². The van der Waals surface area contributed by atoms with Crippen molar-refractivity contribution >= 4 is 44.6 Å². The molecule has 2 aromatic carbocycles. The van der Waals surface area contributed by atoms with Gasteiger partial charge in [-0.25, -0.2) is 9.78 Å². The number of pyridine rings is 1. The first-order chi connectivity index (χ1) is 17.6. The Morgan fingerprint density at radius 3 is 2.83 bits per heavy atom. The number of aliphatic hydroxyl groups excluding tert-OH is 1. The summed E-state index contributed by atoms with van der Waals surface area (Å²) >= 11 is 1.38. The molecule has 1 fully saturated rings. The molecule has 9 heteroatoms. The summed E-state index contributed by atoms with van der Waals surface area (Å²) in [5, 5.41) is 18.1. The largest absolute Gasteiger partial charge is 0.457 e. The van der Waals surface area contributed by atoms with Crippen molar-refractivity contribution in [1.29, 1.82) is 0 Å². The molecule has 2 aromatic heterocycles. The Kier molecular flexibility index (Phi) is 6.06. The molecule has 36 heavy (non-hydrogen) atoms. The first kappa shape index (κ1) is 22.9. The summed E-state index contributed by atoms with van der Waals surface area (Å²) in [7, 11) is 0. The summed E-state index contributed by atoms with van der Waals surface area (Å²) in [5.74, 6) is 1.44. The van der Waals surface area contributed by atoms with E-state index in [2.05, 4.69) is 15.6 Å². The van der Waals surface area contributed by atoms with Crippen molar-refractivity contribution in [2.75, 3.05) is 23.4 Å². The number of ether oxygens (including phenoxy) is 2. The third-order valence-corrected chi connectivity index (χ3v) is 7.61. The van der Waals surface area contributed by atoms with Gasteiger partial charge < -0.3 is 19.9 Å². The van der Waals surface area contributed by atoms with Gasteiger partial charge in [0.25, 0.3) is 0 Å². The van der Waals surface area contributed by atoms with E-state index < -0.39 is 6.23 Å². The highest BCUT2D eigenvalue weighted by Crippen LogP contribution is 2.48. The standard InChI is InChI=1S/C27H26N4O4S/c1-16-14-19(35-18-7-3-2-4-8-18)9-10-20(16)31-21-11-12-28-26-22(21)23(30-27(31)33)24(36-26)25(32)29-17-6-5-13-34-15-17/h2-4,7-12,14,17,25,29,32H,5-6,13,15H2,1H3,(H,30,33)/t17-,25?/m1/s1. The van der Waals surface area contributed by atoms with Gasteiger partial charge in [0.2, 0.25) is 0 Å². The maximum atomic E-state index is 13.4. The predicted octanol–water partition coefficient (Wildman–Crippen LogP) is 5.84. The van der Waals surface area contributed by atoms with Crippen molar-refractivity contribution in [3.8, 4) is 11.5 Å². The van der Waals surface area contributed by atoms with Crippen LogP contribution in [0.3, 0.4) is 0 Å². The first-order valence-electron chi connectivity index (χ1n) is 12.0. The number of thiophene rings is 1. The molecule has 0 saturated carbocycles. The summed E-state index contributed by atoms with van der Waals surface area (Å²) in [4.78, 5) is 21.0. The summed E-state index contributed by atoms with van der Waals surface area (Å²) < 4.78 is 11.5. The van der Waals surface area contributed by atoms with E-state index in [-0.39, 0.29) is 12.1 Å². The number of rotatable bonds is 6. The number of hydrogen-bond acceptors (Lipinski definition) is 7. The van der Waals surface area contributed by atoms with Gasteiger partial charge in [0.15, 0.2) is 0 Å². The van der Waals surface area contributed by atoms with Gasteiger partial charge in [-0.3, -0.25) is 10.2 Å². The van der Waals surface area contributed by atoms with Gasteiger partial charge in [-0.2, -0.15) is 0 Å². The zero-order chi connectivity index (χ0) is 24.6. The van der Waals surface area contributed by atoms with Crippen molar-refractivity contribution in [3.05, 3.63) is 71.2 Å². The minimum Gasteiger partial charge on any atom is -0.457 e. The highest BCUT2D eigenvalue weighted by atomic mass is 32.1. The fourth-order valence-electron chi connectivity index (χ4n) is 4.78. The molecule has 2 aliphatic rings. The second-order valence-electron chi connectivity index (χ2n) is 8.96. The Bertz CT molecular complexity index is 1420. The van der Waals surface area contributed by atoms with Crippen molar-refractivity contribution in [2.24, 2.45) is 0 Å². The molecule has 184 valence electrons. The third-order valence-electron chi connectivity index (χ3n) is 6.46. The molecule has 3 N–H and O–H groups in total. The highest BCUT2D eigenvalue weighted by Gasteiger charge is 2.33. The average Bonchev–Trinajstić information content (AvgIpc) is 3.26. The number of aliphatic hydroxyl groups is 1. The van der Waals surface area contributed by atoms with Crippen molar-refractivity contribution in [1.82, 2.24) is 10.3 Å². The summed E-state index contributed by atoms with van der Waals surface area (Å²) in [6.07, 6.45) is 2.66. The van der Waals surface area contributed by atoms with E-state index in [1.54, 1.807) is 11.1 Å². The second-order valence-corrected chi connectivity index (χ2v) is 9.99. The van der Waals surface area contributed by atoms with Crippen LogP contribution in [0.25, 0.3) is 10.2 Å². The molecule has 2 aliphatic heterocycles. The van der Waals surface area contributed by atoms with Crippen LogP contribution >= 0.6 is 11.3 Å². The summed E-state index contributed by atoms with van der Waals surface area (Å²) in [6, 6.07) is 16.9. The van der Waals surface area contributed by atoms with Gasteiger partial charge in [-0.05, 0) is 61.7 Å². The monoisotopic (exact) mass is 502 g/mol. The van der Waals surface area contributed by atoms with Crippen LogP contribution in [-0.4, -0.2) is 35.4 Å². The van der Waals surface area contributed by atoms with Gasteiger partial charge in [0.05, 0.1) is 33.9 Å². The number of hydrogen-bond donors (Lipinski definition) is 3. The zero-order valence-corrected chi connectivity index (χ0v) is 20.5. The number of aromatic nitrogens is 1. The Morgan fingerprint density at radius 1 is 1.19 bits per heavy atom. The lowest BCUT2D eigenvalue weighted by Gasteiger charge is -2.30. The number of carbonyl (C=O) groups is 1. The molecule has 0 aliphatic carbocycles. The van der Waals surface area contributed by atoms with E-state index in [9.17, 15) is 9.90 Å². The second kappa shape index (κ2) is 9.51. The fraction of sp³-hybridized carbons (Fsp3) is 0.259. The van der Waals surface area contributed by atoms with E-state index in [0.717, 1.165) is 52.4 Å². The van der Waals surface area contributed by atoms with Crippen LogP contribution in [0, 0.1) is 6.92 Å². The average molecular weight is 503 g/mol.